The van der Waals surface area contributed by atoms with Gasteiger partial charge in [-0.1, -0.05) is 44.2 Å². The van der Waals surface area contributed by atoms with Crippen molar-refractivity contribution in [1.29, 1.82) is 5.41 Å². The zero-order valence-electron chi connectivity index (χ0n) is 22.0. The number of benzene rings is 2. The van der Waals surface area contributed by atoms with E-state index in [9.17, 15) is 9.59 Å². The van der Waals surface area contributed by atoms with Gasteiger partial charge in [-0.2, -0.15) is 0 Å². The first-order valence-corrected chi connectivity index (χ1v) is 12.3. The molecule has 2 heterocycles. The molecule has 0 aliphatic heterocycles. The number of ether oxygens (including phenoxy) is 1. The molecular weight excluding hydrogens is 504 g/mol. The first kappa shape index (κ1) is 28.6. The summed E-state index contributed by atoms with van der Waals surface area (Å²) in [5.74, 6) is 0.0552. The molecule has 38 heavy (non-hydrogen) atoms. The Morgan fingerprint density at radius 1 is 1.13 bits per heavy atom. The quantitative estimate of drug-likeness (QED) is 0.190. The first-order valence-electron chi connectivity index (χ1n) is 12.3. The number of amidine groups is 1. The summed E-state index contributed by atoms with van der Waals surface area (Å²) in [4.78, 5) is 34.7. The van der Waals surface area contributed by atoms with Crippen LogP contribution in [-0.4, -0.2) is 37.5 Å². The highest BCUT2D eigenvalue weighted by Gasteiger charge is 2.18. The van der Waals surface area contributed by atoms with Gasteiger partial charge in [-0.3, -0.25) is 15.0 Å². The summed E-state index contributed by atoms with van der Waals surface area (Å²) < 4.78 is 8.59. The lowest BCUT2D eigenvalue weighted by Gasteiger charge is -2.13. The zero-order chi connectivity index (χ0) is 26.7. The molecule has 0 fully saturated rings. The van der Waals surface area contributed by atoms with Crippen LogP contribution in [0.25, 0.3) is 22.3 Å². The van der Waals surface area contributed by atoms with Gasteiger partial charge in [-0.05, 0) is 37.0 Å². The Labute approximate surface area is 227 Å². The number of halogens is 1. The number of nitrogen functional groups attached to an aromatic ring is 1. The number of nitrogens with two attached hydrogens (primary N) is 1. The van der Waals surface area contributed by atoms with E-state index in [2.05, 4.69) is 18.8 Å². The van der Waals surface area contributed by atoms with E-state index in [0.717, 1.165) is 28.9 Å². The molecule has 0 unspecified atom stereocenters. The van der Waals surface area contributed by atoms with Crippen LogP contribution in [0, 0.1) is 11.3 Å². The highest BCUT2D eigenvalue weighted by molar-refractivity contribution is 5.94. The Morgan fingerprint density at radius 2 is 1.84 bits per heavy atom. The van der Waals surface area contributed by atoms with E-state index in [0.29, 0.717) is 41.2 Å². The monoisotopic (exact) mass is 536 g/mol. The highest BCUT2D eigenvalue weighted by Crippen LogP contribution is 2.28. The van der Waals surface area contributed by atoms with Crippen LogP contribution in [0.3, 0.4) is 0 Å². The molecule has 4 aromatic rings. The number of hydrogen-bond acceptors (Lipinski definition) is 6. The molecule has 0 atom stereocenters. The molecule has 0 amide bonds. The molecule has 0 saturated carbocycles. The molecule has 3 N–H and O–H groups in total. The van der Waals surface area contributed by atoms with E-state index in [1.807, 2.05) is 34.9 Å². The lowest BCUT2D eigenvalue weighted by molar-refractivity contribution is -0.143. The summed E-state index contributed by atoms with van der Waals surface area (Å²) >= 11 is 0. The molecule has 0 saturated heterocycles. The molecule has 0 bridgehead atoms. The summed E-state index contributed by atoms with van der Waals surface area (Å²) in [7, 11) is 1.74. The third-order valence-electron chi connectivity index (χ3n) is 6.17. The fourth-order valence-electron chi connectivity index (χ4n) is 4.41. The number of rotatable bonds is 9. The minimum absolute atomic E-state index is 0. The fraction of sp³-hybridized carbons (Fsp3) is 0.321. The molecule has 10 heteroatoms. The van der Waals surface area contributed by atoms with Gasteiger partial charge in [0.1, 0.15) is 18.1 Å². The van der Waals surface area contributed by atoms with Gasteiger partial charge in [0, 0.05) is 24.6 Å². The highest BCUT2D eigenvalue weighted by atomic mass is 35.5. The fourth-order valence-corrected chi connectivity index (χ4v) is 4.41. The molecule has 0 aliphatic rings. The Hall–Kier alpha value is -3.98. The van der Waals surface area contributed by atoms with Crippen LogP contribution in [0.2, 0.25) is 0 Å². The van der Waals surface area contributed by atoms with Crippen molar-refractivity contribution >= 4 is 35.2 Å². The normalized spacial score (nSPS) is 11.0. The number of aromatic nitrogens is 4. The molecular formula is C28H33ClN6O3. The van der Waals surface area contributed by atoms with Gasteiger partial charge in [-0.25, -0.2) is 9.97 Å². The standard InChI is InChI=1S/C28H32N6O3.ClH/c1-5-37-25(35)15-34-16-31-22(12-17(2)3)26(34)20-10-11-24-21(14-20)32-23(28(36)33(24)4)13-18-6-8-19(9-7-18)27(29)30;/h6-11,14,16-17H,5,12-13,15H2,1-4H3,(H3,29,30);1H. The van der Waals surface area contributed by atoms with Gasteiger partial charge >= 0.3 is 5.97 Å². The van der Waals surface area contributed by atoms with Crippen molar-refractivity contribution in [2.24, 2.45) is 18.7 Å². The number of hydrogen-bond donors (Lipinski definition) is 2. The summed E-state index contributed by atoms with van der Waals surface area (Å²) in [6.07, 6.45) is 2.79. The van der Waals surface area contributed by atoms with E-state index in [1.165, 1.54) is 0 Å². The Bertz CT molecular complexity index is 1520. The molecule has 2 aromatic carbocycles. The third kappa shape index (κ3) is 6.11. The molecule has 0 aliphatic carbocycles. The summed E-state index contributed by atoms with van der Waals surface area (Å²) in [6, 6.07) is 13.0. The summed E-state index contributed by atoms with van der Waals surface area (Å²) in [5, 5.41) is 7.56. The van der Waals surface area contributed by atoms with E-state index in [4.69, 9.17) is 20.9 Å². The van der Waals surface area contributed by atoms with Crippen LogP contribution in [0.5, 0.6) is 0 Å². The second-order valence-corrected chi connectivity index (χ2v) is 9.48. The topological polar surface area (TPSA) is 129 Å². The molecule has 2 aromatic heterocycles. The SMILES string of the molecule is CCOC(=O)Cn1cnc(CC(C)C)c1-c1ccc2c(c1)nc(Cc1ccc(C(=N)N)cc1)c(=O)n2C.Cl. The zero-order valence-corrected chi connectivity index (χ0v) is 22.8. The lowest BCUT2D eigenvalue weighted by atomic mass is 10.0. The van der Waals surface area contributed by atoms with Crippen LogP contribution >= 0.6 is 12.4 Å². The van der Waals surface area contributed by atoms with Gasteiger partial charge in [0.25, 0.3) is 5.56 Å². The number of nitrogens with zero attached hydrogens (tertiary/aromatic N) is 4. The average Bonchev–Trinajstić information content (AvgIpc) is 3.23. The van der Waals surface area contributed by atoms with Crippen molar-refractivity contribution < 1.29 is 9.53 Å². The van der Waals surface area contributed by atoms with Gasteiger partial charge in [0.15, 0.2) is 0 Å². The summed E-state index contributed by atoms with van der Waals surface area (Å²) in [6.45, 7) is 6.41. The van der Waals surface area contributed by atoms with E-state index in [-0.39, 0.29) is 36.3 Å². The van der Waals surface area contributed by atoms with Crippen molar-refractivity contribution in [3.05, 3.63) is 81.7 Å². The van der Waals surface area contributed by atoms with Crippen LogP contribution in [0.4, 0.5) is 0 Å². The number of fused-ring (bicyclic) bond motifs is 1. The van der Waals surface area contributed by atoms with E-state index >= 15 is 0 Å². The van der Waals surface area contributed by atoms with Gasteiger partial charge in [0.2, 0.25) is 0 Å². The molecule has 9 nitrogen and oxygen atoms in total. The third-order valence-corrected chi connectivity index (χ3v) is 6.17. The average molecular weight is 537 g/mol. The number of esters is 1. The molecule has 0 radical (unpaired) electrons. The van der Waals surface area contributed by atoms with Crippen LogP contribution in [0.15, 0.2) is 53.6 Å². The molecule has 4 rings (SSSR count). The maximum atomic E-state index is 13.1. The predicted molar refractivity (Wildman–Crippen MR) is 151 cm³/mol. The van der Waals surface area contributed by atoms with Crippen LogP contribution < -0.4 is 11.3 Å². The van der Waals surface area contributed by atoms with Crippen molar-refractivity contribution in [3.63, 3.8) is 0 Å². The molecule has 0 spiro atoms. The van der Waals surface area contributed by atoms with Gasteiger partial charge in [-0.15, -0.1) is 12.4 Å². The molecule has 200 valence electrons. The second-order valence-electron chi connectivity index (χ2n) is 9.48. The Kier molecular flexibility index (Phi) is 9.06. The van der Waals surface area contributed by atoms with E-state index in [1.54, 1.807) is 37.0 Å². The maximum Gasteiger partial charge on any atom is 0.325 e. The second kappa shape index (κ2) is 12.0. The maximum absolute atomic E-state index is 13.1. The lowest BCUT2D eigenvalue weighted by Crippen LogP contribution is -2.23. The largest absolute Gasteiger partial charge is 0.465 e. The summed E-state index contributed by atoms with van der Waals surface area (Å²) in [5.41, 5.74) is 11.3. The number of aryl methyl sites for hydroxylation is 1. The van der Waals surface area contributed by atoms with E-state index < -0.39 is 0 Å². The van der Waals surface area contributed by atoms with Crippen molar-refractivity contribution in [3.8, 4) is 11.3 Å². The minimum Gasteiger partial charge on any atom is -0.465 e. The van der Waals surface area contributed by atoms with Crippen molar-refractivity contribution in [2.75, 3.05) is 6.61 Å². The van der Waals surface area contributed by atoms with Crippen LogP contribution in [0.1, 0.15) is 43.3 Å². The number of imidazole rings is 1. The Morgan fingerprint density at radius 3 is 2.47 bits per heavy atom. The number of carbonyl (C=O) groups excluding carboxylic acids is 1. The predicted octanol–water partition coefficient (Wildman–Crippen LogP) is 3.86. The van der Waals surface area contributed by atoms with Crippen molar-refractivity contribution in [2.45, 2.75) is 40.2 Å². The number of carbonyl (C=O) groups is 1. The first-order chi connectivity index (χ1) is 17.7. The minimum atomic E-state index is -0.323. The van der Waals surface area contributed by atoms with Crippen LogP contribution in [-0.2, 0) is 36.0 Å². The van der Waals surface area contributed by atoms with Gasteiger partial charge in [0.05, 0.1) is 35.4 Å². The van der Waals surface area contributed by atoms with Gasteiger partial charge < -0.3 is 19.6 Å². The van der Waals surface area contributed by atoms with Crippen molar-refractivity contribution in [1.82, 2.24) is 19.1 Å². The number of nitrogens with one attached hydrogen (secondary N) is 1. The smallest absolute Gasteiger partial charge is 0.325 e. The Balaban J connectivity index is 0.00000400.